The highest BCUT2D eigenvalue weighted by Crippen LogP contribution is 2.27. The van der Waals surface area contributed by atoms with Gasteiger partial charge >= 0.3 is 6.03 Å². The van der Waals surface area contributed by atoms with Crippen LogP contribution in [0, 0.1) is 12.7 Å². The predicted octanol–water partition coefficient (Wildman–Crippen LogP) is 4.91. The molecule has 8 heteroatoms. The molecule has 2 heterocycles. The summed E-state index contributed by atoms with van der Waals surface area (Å²) in [4.78, 5) is 26.2. The van der Waals surface area contributed by atoms with E-state index in [1.165, 1.54) is 12.1 Å². The van der Waals surface area contributed by atoms with Gasteiger partial charge in [-0.2, -0.15) is 0 Å². The lowest BCUT2D eigenvalue weighted by Gasteiger charge is -2.36. The summed E-state index contributed by atoms with van der Waals surface area (Å²) in [7, 11) is 0. The molecule has 1 aliphatic heterocycles. The van der Waals surface area contributed by atoms with Crippen LogP contribution in [-0.2, 0) is 6.42 Å². The van der Waals surface area contributed by atoms with Gasteiger partial charge in [-0.1, -0.05) is 19.1 Å². The van der Waals surface area contributed by atoms with Crippen LogP contribution in [0.2, 0.25) is 0 Å². The van der Waals surface area contributed by atoms with Crippen molar-refractivity contribution in [3.8, 4) is 17.1 Å². The lowest BCUT2D eigenvalue weighted by atomic mass is 10.1. The fourth-order valence-electron chi connectivity index (χ4n) is 4.14. The van der Waals surface area contributed by atoms with Crippen LogP contribution < -0.4 is 15.0 Å². The van der Waals surface area contributed by atoms with E-state index >= 15 is 0 Å². The lowest BCUT2D eigenvalue weighted by molar-refractivity contribution is 0.208. The average Bonchev–Trinajstić information content (AvgIpc) is 2.85. The Bertz CT molecular complexity index is 1140. The van der Waals surface area contributed by atoms with Crippen LogP contribution in [0.4, 0.5) is 20.7 Å². The molecular weight excluding hydrogens is 433 g/mol. The van der Waals surface area contributed by atoms with Gasteiger partial charge in [0, 0.05) is 48.7 Å². The molecule has 1 fully saturated rings. The van der Waals surface area contributed by atoms with Crippen molar-refractivity contribution in [2.75, 3.05) is 43.0 Å². The molecule has 7 nitrogen and oxygen atoms in total. The van der Waals surface area contributed by atoms with Gasteiger partial charge < -0.3 is 19.9 Å². The Hall–Kier alpha value is -3.68. The molecule has 34 heavy (non-hydrogen) atoms. The third-order valence-electron chi connectivity index (χ3n) is 5.91. The van der Waals surface area contributed by atoms with E-state index in [-0.39, 0.29) is 11.8 Å². The number of nitrogens with zero attached hydrogens (tertiary/aromatic N) is 4. The van der Waals surface area contributed by atoms with E-state index in [0.717, 1.165) is 34.9 Å². The number of halogens is 1. The summed E-state index contributed by atoms with van der Waals surface area (Å²) < 4.78 is 19.2. The van der Waals surface area contributed by atoms with Crippen molar-refractivity contribution in [2.45, 2.75) is 27.2 Å². The Balaban J connectivity index is 1.45. The SMILES string of the molecule is CCOc1ccc(NC(=O)N2CCN(c3nc(-c4cccc(F)c4)nc(C)c3CC)CC2)cc1. The van der Waals surface area contributed by atoms with E-state index in [9.17, 15) is 9.18 Å². The molecule has 0 spiro atoms. The van der Waals surface area contributed by atoms with E-state index in [1.54, 1.807) is 11.0 Å². The van der Waals surface area contributed by atoms with Crippen molar-refractivity contribution in [2.24, 2.45) is 0 Å². The summed E-state index contributed by atoms with van der Waals surface area (Å²) in [5.41, 5.74) is 3.35. The maximum Gasteiger partial charge on any atom is 0.321 e. The number of benzene rings is 2. The molecule has 2 aromatic carbocycles. The Morgan fingerprint density at radius 1 is 1.06 bits per heavy atom. The van der Waals surface area contributed by atoms with Gasteiger partial charge in [0.2, 0.25) is 0 Å². The molecule has 1 aliphatic rings. The fourth-order valence-corrected chi connectivity index (χ4v) is 4.14. The first-order valence-electron chi connectivity index (χ1n) is 11.7. The monoisotopic (exact) mass is 463 g/mol. The summed E-state index contributed by atoms with van der Waals surface area (Å²) in [6, 6.07) is 13.6. The number of carbonyl (C=O) groups excluding carboxylic acids is 1. The molecule has 2 amide bonds. The molecule has 178 valence electrons. The number of piperazine rings is 1. The topological polar surface area (TPSA) is 70.6 Å². The number of nitrogens with one attached hydrogen (secondary N) is 1. The van der Waals surface area contributed by atoms with Crippen molar-refractivity contribution >= 4 is 17.5 Å². The highest BCUT2D eigenvalue weighted by Gasteiger charge is 2.25. The number of anilines is 2. The average molecular weight is 464 g/mol. The second kappa shape index (κ2) is 10.5. The van der Waals surface area contributed by atoms with Crippen LogP contribution in [0.1, 0.15) is 25.1 Å². The van der Waals surface area contributed by atoms with Gasteiger partial charge in [0.1, 0.15) is 17.4 Å². The molecule has 4 rings (SSSR count). The van der Waals surface area contributed by atoms with Crippen molar-refractivity contribution in [1.82, 2.24) is 14.9 Å². The normalized spacial score (nSPS) is 13.6. The van der Waals surface area contributed by atoms with Gasteiger partial charge in [-0.3, -0.25) is 0 Å². The number of ether oxygens (including phenoxy) is 1. The lowest BCUT2D eigenvalue weighted by Crippen LogP contribution is -2.50. The fraction of sp³-hybridized carbons (Fsp3) is 0.346. The first-order chi connectivity index (χ1) is 16.5. The van der Waals surface area contributed by atoms with Crippen LogP contribution in [0.25, 0.3) is 11.4 Å². The van der Waals surface area contributed by atoms with Gasteiger partial charge in [-0.15, -0.1) is 0 Å². The minimum Gasteiger partial charge on any atom is -0.494 e. The quantitative estimate of drug-likeness (QED) is 0.563. The van der Waals surface area contributed by atoms with Crippen molar-refractivity contribution in [3.05, 3.63) is 65.6 Å². The summed E-state index contributed by atoms with van der Waals surface area (Å²) >= 11 is 0. The second-order valence-electron chi connectivity index (χ2n) is 8.16. The maximum absolute atomic E-state index is 13.8. The summed E-state index contributed by atoms with van der Waals surface area (Å²) in [5, 5.41) is 2.95. The summed E-state index contributed by atoms with van der Waals surface area (Å²) in [6.45, 7) is 9.04. The van der Waals surface area contributed by atoms with Crippen LogP contribution in [0.3, 0.4) is 0 Å². The number of urea groups is 1. The molecule has 0 radical (unpaired) electrons. The molecule has 1 N–H and O–H groups in total. The molecule has 0 bridgehead atoms. The third-order valence-corrected chi connectivity index (χ3v) is 5.91. The number of hydrogen-bond donors (Lipinski definition) is 1. The Morgan fingerprint density at radius 3 is 2.44 bits per heavy atom. The van der Waals surface area contributed by atoms with Crippen LogP contribution in [-0.4, -0.2) is 53.7 Å². The van der Waals surface area contributed by atoms with Gasteiger partial charge in [-0.05, 0) is 56.7 Å². The Labute approximate surface area is 199 Å². The smallest absolute Gasteiger partial charge is 0.321 e. The van der Waals surface area contributed by atoms with Crippen LogP contribution >= 0.6 is 0 Å². The zero-order chi connectivity index (χ0) is 24.1. The van der Waals surface area contributed by atoms with Crippen molar-refractivity contribution in [3.63, 3.8) is 0 Å². The third kappa shape index (κ3) is 5.27. The van der Waals surface area contributed by atoms with E-state index in [4.69, 9.17) is 9.72 Å². The highest BCUT2D eigenvalue weighted by molar-refractivity contribution is 5.89. The van der Waals surface area contributed by atoms with Crippen LogP contribution in [0.15, 0.2) is 48.5 Å². The van der Waals surface area contributed by atoms with E-state index in [2.05, 4.69) is 22.1 Å². The van der Waals surface area contributed by atoms with Gasteiger partial charge in [0.25, 0.3) is 0 Å². The minimum absolute atomic E-state index is 0.126. The molecular formula is C26H30FN5O2. The number of amides is 2. The van der Waals surface area contributed by atoms with Gasteiger partial charge in [0.15, 0.2) is 5.82 Å². The summed E-state index contributed by atoms with van der Waals surface area (Å²) in [6.07, 6.45) is 0.795. The zero-order valence-electron chi connectivity index (χ0n) is 19.8. The largest absolute Gasteiger partial charge is 0.494 e. The molecule has 1 aromatic heterocycles. The molecule has 0 aliphatic carbocycles. The molecule has 0 saturated carbocycles. The molecule has 0 atom stereocenters. The van der Waals surface area contributed by atoms with Gasteiger partial charge in [0.05, 0.1) is 6.61 Å². The number of aryl methyl sites for hydroxylation is 1. The standard InChI is InChI=1S/C26H30FN5O2/c1-4-23-18(3)28-24(19-7-6-8-20(27)17-19)30-25(23)31-13-15-32(16-14-31)26(33)29-21-9-11-22(12-10-21)34-5-2/h6-12,17H,4-5,13-16H2,1-3H3,(H,29,33). The van der Waals surface area contributed by atoms with E-state index in [1.807, 2.05) is 44.2 Å². The number of rotatable bonds is 6. The number of aromatic nitrogens is 2. The van der Waals surface area contributed by atoms with Crippen molar-refractivity contribution < 1.29 is 13.9 Å². The summed E-state index contributed by atoms with van der Waals surface area (Å²) in [5.74, 6) is 1.84. The first-order valence-corrected chi connectivity index (χ1v) is 11.7. The highest BCUT2D eigenvalue weighted by atomic mass is 19.1. The number of hydrogen-bond acceptors (Lipinski definition) is 5. The number of carbonyl (C=O) groups is 1. The zero-order valence-corrected chi connectivity index (χ0v) is 19.8. The van der Waals surface area contributed by atoms with Crippen LogP contribution in [0.5, 0.6) is 5.75 Å². The van der Waals surface area contributed by atoms with E-state index in [0.29, 0.717) is 44.2 Å². The first kappa shape index (κ1) is 23.5. The molecule has 0 unspecified atom stereocenters. The van der Waals surface area contributed by atoms with Gasteiger partial charge in [-0.25, -0.2) is 19.2 Å². The second-order valence-corrected chi connectivity index (χ2v) is 8.16. The van der Waals surface area contributed by atoms with E-state index < -0.39 is 0 Å². The molecule has 1 saturated heterocycles. The minimum atomic E-state index is -0.313. The molecule has 3 aromatic rings. The Kier molecular flexibility index (Phi) is 7.25. The maximum atomic E-state index is 13.8. The van der Waals surface area contributed by atoms with Crippen molar-refractivity contribution in [1.29, 1.82) is 0 Å². The predicted molar refractivity (Wildman–Crippen MR) is 132 cm³/mol. The Morgan fingerprint density at radius 2 is 1.79 bits per heavy atom.